The molecule has 0 aliphatic rings. The Balaban J connectivity index is 1.49. The van der Waals surface area contributed by atoms with Gasteiger partial charge in [0.15, 0.2) is 5.82 Å². The molecule has 0 fully saturated rings. The van der Waals surface area contributed by atoms with Gasteiger partial charge in [-0.05, 0) is 23.8 Å². The fourth-order valence-corrected chi connectivity index (χ4v) is 3.84. The summed E-state index contributed by atoms with van der Waals surface area (Å²) in [6.07, 6.45) is 5.46. The van der Waals surface area contributed by atoms with Crippen LogP contribution in [0.5, 0.6) is 0 Å². The summed E-state index contributed by atoms with van der Waals surface area (Å²) in [4.78, 5) is 5.14. The number of aromatic nitrogens is 7. The van der Waals surface area contributed by atoms with Crippen LogP contribution in [0.4, 0.5) is 10.8 Å². The van der Waals surface area contributed by atoms with Crippen LogP contribution in [0.1, 0.15) is 24.2 Å². The van der Waals surface area contributed by atoms with E-state index in [1.165, 1.54) is 11.3 Å². The third-order valence-electron chi connectivity index (χ3n) is 4.49. The molecular formula is C18H16N8S. The summed E-state index contributed by atoms with van der Waals surface area (Å²) in [6, 6.07) is 10.3. The fraction of sp³-hybridized carbons (Fsp3) is 0.167. The Morgan fingerprint density at radius 1 is 1.19 bits per heavy atom. The van der Waals surface area contributed by atoms with Crippen molar-refractivity contribution in [2.45, 2.75) is 12.8 Å². The minimum atomic E-state index is 0.0537. The third kappa shape index (κ3) is 2.81. The molecule has 0 bridgehead atoms. The summed E-state index contributed by atoms with van der Waals surface area (Å²) in [5.41, 5.74) is 3.02. The second kappa shape index (κ2) is 6.13. The maximum absolute atomic E-state index is 4.64. The molecule has 1 N–H and O–H groups in total. The van der Waals surface area contributed by atoms with Crippen molar-refractivity contribution in [1.29, 1.82) is 0 Å². The number of nitrogens with one attached hydrogen (secondary N) is 1. The van der Waals surface area contributed by atoms with Gasteiger partial charge in [-0.1, -0.05) is 30.4 Å². The Labute approximate surface area is 158 Å². The number of pyridine rings is 1. The maximum Gasteiger partial charge on any atom is 0.236 e. The SMILES string of the molecule is C[C@H](c1ccc2ncccc2c1)c1nnc2sc(Nc3cnn(C)c3)nn12. The minimum Gasteiger partial charge on any atom is -0.327 e. The molecule has 134 valence electrons. The van der Waals surface area contributed by atoms with Gasteiger partial charge >= 0.3 is 0 Å². The number of anilines is 2. The number of benzene rings is 1. The topological polar surface area (TPSA) is 85.8 Å². The smallest absolute Gasteiger partial charge is 0.236 e. The highest BCUT2D eigenvalue weighted by molar-refractivity contribution is 7.20. The molecule has 1 atom stereocenters. The molecule has 0 radical (unpaired) electrons. The normalized spacial score (nSPS) is 12.7. The number of rotatable bonds is 4. The van der Waals surface area contributed by atoms with E-state index in [4.69, 9.17) is 0 Å². The molecule has 5 aromatic rings. The van der Waals surface area contributed by atoms with Crippen LogP contribution in [0.15, 0.2) is 48.9 Å². The quantitative estimate of drug-likeness (QED) is 0.518. The molecule has 0 saturated heterocycles. The van der Waals surface area contributed by atoms with E-state index in [0.29, 0.717) is 0 Å². The fourth-order valence-electron chi connectivity index (χ4n) is 3.07. The van der Waals surface area contributed by atoms with Crippen molar-refractivity contribution in [2.75, 3.05) is 5.32 Å². The van der Waals surface area contributed by atoms with Gasteiger partial charge in [0, 0.05) is 30.7 Å². The second-order valence-corrected chi connectivity index (χ2v) is 7.32. The monoisotopic (exact) mass is 376 g/mol. The van der Waals surface area contributed by atoms with Gasteiger partial charge in [0.2, 0.25) is 10.1 Å². The van der Waals surface area contributed by atoms with E-state index in [9.17, 15) is 0 Å². The lowest BCUT2D eigenvalue weighted by Crippen LogP contribution is -2.04. The molecule has 8 nitrogen and oxygen atoms in total. The maximum atomic E-state index is 4.64. The number of hydrogen-bond donors (Lipinski definition) is 1. The molecule has 5 rings (SSSR count). The van der Waals surface area contributed by atoms with Crippen molar-refractivity contribution in [1.82, 2.24) is 34.6 Å². The van der Waals surface area contributed by atoms with Crippen molar-refractivity contribution in [2.24, 2.45) is 7.05 Å². The van der Waals surface area contributed by atoms with Crippen LogP contribution in [0.3, 0.4) is 0 Å². The van der Waals surface area contributed by atoms with E-state index >= 15 is 0 Å². The summed E-state index contributed by atoms with van der Waals surface area (Å²) in [7, 11) is 1.88. The molecule has 0 amide bonds. The van der Waals surface area contributed by atoms with Gasteiger partial charge in [-0.25, -0.2) is 0 Å². The molecule has 0 unspecified atom stereocenters. The summed E-state index contributed by atoms with van der Waals surface area (Å²) < 4.78 is 3.55. The first-order chi connectivity index (χ1) is 13.2. The molecule has 0 spiro atoms. The molecule has 1 aromatic carbocycles. The lowest BCUT2D eigenvalue weighted by Gasteiger charge is -2.10. The zero-order valence-electron chi connectivity index (χ0n) is 14.7. The van der Waals surface area contributed by atoms with Gasteiger partial charge in [0.1, 0.15) is 0 Å². The van der Waals surface area contributed by atoms with Crippen LogP contribution in [-0.2, 0) is 7.05 Å². The Bertz CT molecular complexity index is 1250. The van der Waals surface area contributed by atoms with E-state index in [-0.39, 0.29) is 5.92 Å². The predicted molar refractivity (Wildman–Crippen MR) is 104 cm³/mol. The summed E-state index contributed by atoms with van der Waals surface area (Å²) in [5.74, 6) is 0.863. The summed E-state index contributed by atoms with van der Waals surface area (Å²) in [5, 5.41) is 22.6. The molecule has 0 saturated carbocycles. The molecule has 9 heteroatoms. The second-order valence-electron chi connectivity index (χ2n) is 6.36. The van der Waals surface area contributed by atoms with Crippen LogP contribution in [-0.4, -0.2) is 34.6 Å². The standard InChI is InChI=1S/C18H16N8S/c1-11(12-5-6-15-13(8-12)4-3-7-19-15)16-22-23-18-26(16)24-17(27-18)21-14-9-20-25(2)10-14/h3-11H,1-2H3,(H,21,24)/t11-/m1/s1. The zero-order valence-corrected chi connectivity index (χ0v) is 15.6. The van der Waals surface area contributed by atoms with Crippen LogP contribution in [0.25, 0.3) is 15.9 Å². The van der Waals surface area contributed by atoms with Crippen LogP contribution in [0, 0.1) is 0 Å². The molecule has 27 heavy (non-hydrogen) atoms. The molecule has 4 aromatic heterocycles. The van der Waals surface area contributed by atoms with E-state index in [0.717, 1.165) is 38.1 Å². The highest BCUT2D eigenvalue weighted by atomic mass is 32.1. The number of fused-ring (bicyclic) bond motifs is 2. The van der Waals surface area contributed by atoms with Crippen molar-refractivity contribution < 1.29 is 0 Å². The van der Waals surface area contributed by atoms with E-state index < -0.39 is 0 Å². The molecular weight excluding hydrogens is 360 g/mol. The first kappa shape index (κ1) is 15.9. The van der Waals surface area contributed by atoms with Gasteiger partial charge in [0.05, 0.1) is 17.4 Å². The van der Waals surface area contributed by atoms with Gasteiger partial charge in [-0.3, -0.25) is 9.67 Å². The van der Waals surface area contributed by atoms with Crippen molar-refractivity contribution in [3.63, 3.8) is 0 Å². The minimum absolute atomic E-state index is 0.0537. The highest BCUT2D eigenvalue weighted by Crippen LogP contribution is 2.29. The van der Waals surface area contributed by atoms with Gasteiger partial charge in [-0.2, -0.15) is 9.61 Å². The average Bonchev–Trinajstić information content (AvgIpc) is 3.37. The zero-order chi connectivity index (χ0) is 18.4. The van der Waals surface area contributed by atoms with Crippen molar-refractivity contribution in [3.8, 4) is 0 Å². The van der Waals surface area contributed by atoms with E-state index in [2.05, 4.69) is 55.8 Å². The number of nitrogens with zero attached hydrogens (tertiary/aromatic N) is 7. The Morgan fingerprint density at radius 2 is 2.11 bits per heavy atom. The number of aryl methyl sites for hydroxylation is 1. The Morgan fingerprint density at radius 3 is 2.96 bits per heavy atom. The largest absolute Gasteiger partial charge is 0.327 e. The Kier molecular flexibility index (Phi) is 3.61. The van der Waals surface area contributed by atoms with Crippen molar-refractivity contribution >= 4 is 38.0 Å². The lowest BCUT2D eigenvalue weighted by molar-refractivity contribution is 0.759. The average molecular weight is 376 g/mol. The molecule has 4 heterocycles. The van der Waals surface area contributed by atoms with E-state index in [1.54, 1.807) is 17.1 Å². The first-order valence-corrected chi connectivity index (χ1v) is 9.31. The molecule has 0 aliphatic heterocycles. The van der Waals surface area contributed by atoms with Gasteiger partial charge in [-0.15, -0.1) is 15.3 Å². The lowest BCUT2D eigenvalue weighted by atomic mass is 9.99. The highest BCUT2D eigenvalue weighted by Gasteiger charge is 2.19. The number of hydrogen-bond acceptors (Lipinski definition) is 7. The summed E-state index contributed by atoms with van der Waals surface area (Å²) >= 11 is 1.46. The predicted octanol–water partition coefficient (Wildman–Crippen LogP) is 3.36. The van der Waals surface area contributed by atoms with Crippen LogP contribution >= 0.6 is 11.3 Å². The van der Waals surface area contributed by atoms with Crippen LogP contribution < -0.4 is 5.32 Å². The van der Waals surface area contributed by atoms with Crippen molar-refractivity contribution in [3.05, 3.63) is 60.3 Å². The van der Waals surface area contributed by atoms with E-state index in [1.807, 2.05) is 29.9 Å². The van der Waals surface area contributed by atoms with Gasteiger partial charge < -0.3 is 5.32 Å². The summed E-state index contributed by atoms with van der Waals surface area (Å²) in [6.45, 7) is 2.11. The first-order valence-electron chi connectivity index (χ1n) is 8.50. The van der Waals surface area contributed by atoms with Gasteiger partial charge in [0.25, 0.3) is 0 Å². The molecule has 0 aliphatic carbocycles. The van der Waals surface area contributed by atoms with Crippen LogP contribution in [0.2, 0.25) is 0 Å². The Hall–Kier alpha value is -3.33. The third-order valence-corrected chi connectivity index (χ3v) is 5.30.